The molecule has 0 unspecified atom stereocenters. The van der Waals surface area contributed by atoms with Crippen LogP contribution in [-0.2, 0) is 24.3 Å². The number of piperidine rings is 1. The van der Waals surface area contributed by atoms with Gasteiger partial charge in [0.1, 0.15) is 0 Å². The Morgan fingerprint density at radius 1 is 1.19 bits per heavy atom. The van der Waals surface area contributed by atoms with Gasteiger partial charge in [-0.3, -0.25) is 14.4 Å². The second kappa shape index (κ2) is 8.26. The maximum absolute atomic E-state index is 12.5. The topological polar surface area (TPSA) is 41.4 Å². The van der Waals surface area contributed by atoms with E-state index in [0.29, 0.717) is 18.2 Å². The van der Waals surface area contributed by atoms with Crippen molar-refractivity contribution in [3.63, 3.8) is 0 Å². The van der Waals surface area contributed by atoms with Crippen LogP contribution in [0.15, 0.2) is 36.4 Å². The molecule has 2 aliphatic heterocycles. The molecule has 1 saturated heterocycles. The minimum absolute atomic E-state index is 0.324. The standard InChI is InChI=1S/C22H30N4O/c1-18-6-5-10-25(16-18)22(27)9-11-24-12-13-26-21(17-24)15-20(23-26)14-19-7-3-2-4-8-19/h2-4,7-8,15,18H,5-6,9-14,16-17H2,1H3/t18-/m0/s1. The predicted octanol–water partition coefficient (Wildman–Crippen LogP) is 2.94. The average Bonchev–Trinajstić information content (AvgIpc) is 3.08. The van der Waals surface area contributed by atoms with Crippen molar-refractivity contribution < 1.29 is 4.79 Å². The Balaban J connectivity index is 1.30. The third kappa shape index (κ3) is 4.59. The van der Waals surface area contributed by atoms with Crippen LogP contribution in [0.5, 0.6) is 0 Å². The molecule has 0 aliphatic carbocycles. The summed E-state index contributed by atoms with van der Waals surface area (Å²) in [5, 5.41) is 4.77. The maximum atomic E-state index is 12.5. The summed E-state index contributed by atoms with van der Waals surface area (Å²) in [5.41, 5.74) is 3.70. The molecule has 1 amide bonds. The number of rotatable bonds is 5. The highest BCUT2D eigenvalue weighted by Crippen LogP contribution is 2.18. The molecule has 0 radical (unpaired) electrons. The van der Waals surface area contributed by atoms with E-state index in [4.69, 9.17) is 5.10 Å². The van der Waals surface area contributed by atoms with Gasteiger partial charge in [-0.2, -0.15) is 5.10 Å². The molecule has 0 N–H and O–H groups in total. The Hall–Kier alpha value is -2.14. The summed E-state index contributed by atoms with van der Waals surface area (Å²) in [6.07, 6.45) is 3.93. The Bertz CT molecular complexity index is 770. The van der Waals surface area contributed by atoms with E-state index >= 15 is 0 Å². The zero-order valence-corrected chi connectivity index (χ0v) is 16.3. The molecule has 5 nitrogen and oxygen atoms in total. The normalized spacial score (nSPS) is 20.5. The van der Waals surface area contributed by atoms with E-state index in [1.807, 2.05) is 6.07 Å². The highest BCUT2D eigenvalue weighted by Gasteiger charge is 2.23. The number of hydrogen-bond acceptors (Lipinski definition) is 3. The van der Waals surface area contributed by atoms with Crippen molar-refractivity contribution in [2.24, 2.45) is 5.92 Å². The van der Waals surface area contributed by atoms with Crippen molar-refractivity contribution in [2.45, 2.75) is 45.7 Å². The van der Waals surface area contributed by atoms with Crippen LogP contribution in [-0.4, -0.2) is 51.7 Å². The summed E-state index contributed by atoms with van der Waals surface area (Å²) in [6, 6.07) is 12.7. The molecule has 1 fully saturated rings. The minimum Gasteiger partial charge on any atom is -0.342 e. The van der Waals surface area contributed by atoms with Gasteiger partial charge < -0.3 is 4.90 Å². The van der Waals surface area contributed by atoms with Gasteiger partial charge in [0.15, 0.2) is 0 Å². The number of amides is 1. The van der Waals surface area contributed by atoms with Crippen LogP contribution >= 0.6 is 0 Å². The number of aromatic nitrogens is 2. The lowest BCUT2D eigenvalue weighted by atomic mass is 10.00. The second-order valence-corrected chi connectivity index (χ2v) is 8.13. The number of benzene rings is 1. The molecule has 4 rings (SSSR count). The molecule has 27 heavy (non-hydrogen) atoms. The molecule has 1 atom stereocenters. The first kappa shape index (κ1) is 18.2. The van der Waals surface area contributed by atoms with E-state index in [2.05, 4.69) is 51.7 Å². The lowest BCUT2D eigenvalue weighted by Crippen LogP contribution is -2.41. The fourth-order valence-electron chi connectivity index (χ4n) is 4.29. The Morgan fingerprint density at radius 3 is 2.85 bits per heavy atom. The summed E-state index contributed by atoms with van der Waals surface area (Å²) < 4.78 is 2.14. The maximum Gasteiger partial charge on any atom is 0.223 e. The first-order chi connectivity index (χ1) is 13.2. The zero-order chi connectivity index (χ0) is 18.6. The van der Waals surface area contributed by atoms with E-state index in [-0.39, 0.29) is 0 Å². The Labute approximate surface area is 162 Å². The van der Waals surface area contributed by atoms with Crippen LogP contribution in [0.1, 0.15) is 43.1 Å². The lowest BCUT2D eigenvalue weighted by Gasteiger charge is -2.32. The fraction of sp³-hybridized carbons (Fsp3) is 0.545. The van der Waals surface area contributed by atoms with Gasteiger partial charge in [-0.15, -0.1) is 0 Å². The number of fused-ring (bicyclic) bond motifs is 1. The molecule has 0 bridgehead atoms. The summed E-state index contributed by atoms with van der Waals surface area (Å²) >= 11 is 0. The van der Waals surface area contributed by atoms with Gasteiger partial charge in [0.2, 0.25) is 5.91 Å². The highest BCUT2D eigenvalue weighted by atomic mass is 16.2. The number of hydrogen-bond donors (Lipinski definition) is 0. The van der Waals surface area contributed by atoms with Crippen LogP contribution in [0.3, 0.4) is 0 Å². The van der Waals surface area contributed by atoms with Crippen LogP contribution in [0.2, 0.25) is 0 Å². The molecule has 2 aliphatic rings. The molecule has 1 aromatic carbocycles. The lowest BCUT2D eigenvalue weighted by molar-refractivity contribution is -0.133. The monoisotopic (exact) mass is 366 g/mol. The van der Waals surface area contributed by atoms with Crippen molar-refractivity contribution in [1.82, 2.24) is 19.6 Å². The van der Waals surface area contributed by atoms with Crippen molar-refractivity contribution in [2.75, 3.05) is 26.2 Å². The molecule has 2 aromatic rings. The Morgan fingerprint density at radius 2 is 2.04 bits per heavy atom. The predicted molar refractivity (Wildman–Crippen MR) is 106 cm³/mol. The van der Waals surface area contributed by atoms with Crippen LogP contribution in [0.4, 0.5) is 0 Å². The number of likely N-dealkylation sites (tertiary alicyclic amines) is 1. The summed E-state index contributed by atoms with van der Waals surface area (Å²) in [7, 11) is 0. The first-order valence-corrected chi connectivity index (χ1v) is 10.3. The van der Waals surface area contributed by atoms with Gasteiger partial charge in [-0.05, 0) is 30.4 Å². The quantitative estimate of drug-likeness (QED) is 0.817. The van der Waals surface area contributed by atoms with Crippen molar-refractivity contribution >= 4 is 5.91 Å². The third-order valence-electron chi connectivity index (χ3n) is 5.81. The van der Waals surface area contributed by atoms with E-state index in [1.54, 1.807) is 0 Å². The molecule has 3 heterocycles. The summed E-state index contributed by atoms with van der Waals surface area (Å²) in [4.78, 5) is 17.0. The van der Waals surface area contributed by atoms with Crippen LogP contribution in [0.25, 0.3) is 0 Å². The van der Waals surface area contributed by atoms with Gasteiger partial charge in [-0.1, -0.05) is 37.3 Å². The largest absolute Gasteiger partial charge is 0.342 e. The SMILES string of the molecule is C[C@H]1CCCN(C(=O)CCN2CCn3nc(Cc4ccccc4)cc3C2)C1. The molecule has 1 aromatic heterocycles. The van der Waals surface area contributed by atoms with Crippen molar-refractivity contribution in [3.05, 3.63) is 53.3 Å². The smallest absolute Gasteiger partial charge is 0.223 e. The van der Waals surface area contributed by atoms with Crippen LogP contribution < -0.4 is 0 Å². The minimum atomic E-state index is 0.324. The van der Waals surface area contributed by atoms with Crippen LogP contribution in [0, 0.1) is 5.92 Å². The van der Waals surface area contributed by atoms with Gasteiger partial charge >= 0.3 is 0 Å². The van der Waals surface area contributed by atoms with E-state index < -0.39 is 0 Å². The third-order valence-corrected chi connectivity index (χ3v) is 5.81. The Kier molecular flexibility index (Phi) is 5.58. The second-order valence-electron chi connectivity index (χ2n) is 8.13. The van der Waals surface area contributed by atoms with Crippen molar-refractivity contribution in [3.8, 4) is 0 Å². The summed E-state index contributed by atoms with van der Waals surface area (Å²) in [5.74, 6) is 0.973. The van der Waals surface area contributed by atoms with Gasteiger partial charge in [-0.25, -0.2) is 0 Å². The van der Waals surface area contributed by atoms with Gasteiger partial charge in [0, 0.05) is 45.6 Å². The molecular weight excluding hydrogens is 336 g/mol. The number of nitrogens with zero attached hydrogens (tertiary/aromatic N) is 4. The van der Waals surface area contributed by atoms with E-state index in [9.17, 15) is 4.79 Å². The average molecular weight is 367 g/mol. The van der Waals surface area contributed by atoms with E-state index in [0.717, 1.165) is 57.8 Å². The molecular formula is C22H30N4O. The molecule has 144 valence electrons. The molecule has 0 saturated carbocycles. The molecule has 5 heteroatoms. The first-order valence-electron chi connectivity index (χ1n) is 10.3. The highest BCUT2D eigenvalue weighted by molar-refractivity contribution is 5.76. The number of carbonyl (C=O) groups is 1. The van der Waals surface area contributed by atoms with Crippen molar-refractivity contribution in [1.29, 1.82) is 0 Å². The van der Waals surface area contributed by atoms with Gasteiger partial charge in [0.25, 0.3) is 0 Å². The summed E-state index contributed by atoms with van der Waals surface area (Å²) in [6.45, 7) is 7.77. The van der Waals surface area contributed by atoms with E-state index in [1.165, 1.54) is 17.7 Å². The fourth-order valence-corrected chi connectivity index (χ4v) is 4.29. The van der Waals surface area contributed by atoms with Gasteiger partial charge in [0.05, 0.1) is 17.9 Å². The zero-order valence-electron chi connectivity index (χ0n) is 16.3. The number of carbonyl (C=O) groups excluding carboxylic acids is 1. The molecule has 0 spiro atoms.